The van der Waals surface area contributed by atoms with E-state index in [1.807, 2.05) is 37.3 Å². The average molecular weight is 330 g/mol. The third-order valence-corrected chi connectivity index (χ3v) is 3.71. The second-order valence-electron chi connectivity index (χ2n) is 5.12. The highest BCUT2D eigenvalue weighted by molar-refractivity contribution is 6.35. The van der Waals surface area contributed by atoms with Gasteiger partial charge in [-0.05, 0) is 31.2 Å². The van der Waals surface area contributed by atoms with Gasteiger partial charge in [-0.3, -0.25) is 4.98 Å². The molecule has 0 atom stereocenters. The maximum atomic E-state index is 10.3. The first-order chi connectivity index (χ1) is 11.1. The SMILES string of the molecule is Cc1ccc2c(Cl)cc(ONCCc3ccccn3)c(O)c2n1. The van der Waals surface area contributed by atoms with E-state index in [9.17, 15) is 5.11 Å². The zero-order chi connectivity index (χ0) is 16.2. The van der Waals surface area contributed by atoms with Crippen LogP contribution in [0.15, 0.2) is 42.6 Å². The molecule has 2 aromatic heterocycles. The van der Waals surface area contributed by atoms with Crippen molar-refractivity contribution in [1.29, 1.82) is 0 Å². The van der Waals surface area contributed by atoms with Crippen molar-refractivity contribution >= 4 is 22.5 Å². The normalized spacial score (nSPS) is 10.9. The molecule has 0 amide bonds. The number of benzene rings is 1. The number of rotatable bonds is 5. The lowest BCUT2D eigenvalue weighted by molar-refractivity contribution is 0.190. The lowest BCUT2D eigenvalue weighted by atomic mass is 10.2. The largest absolute Gasteiger partial charge is 0.503 e. The summed E-state index contributed by atoms with van der Waals surface area (Å²) in [6.45, 7) is 2.40. The number of nitrogens with one attached hydrogen (secondary N) is 1. The maximum Gasteiger partial charge on any atom is 0.192 e. The average Bonchev–Trinajstić information content (AvgIpc) is 2.56. The zero-order valence-electron chi connectivity index (χ0n) is 12.6. The first kappa shape index (κ1) is 15.5. The van der Waals surface area contributed by atoms with Crippen molar-refractivity contribution < 1.29 is 9.94 Å². The van der Waals surface area contributed by atoms with Crippen molar-refractivity contribution in [2.75, 3.05) is 6.54 Å². The van der Waals surface area contributed by atoms with Crippen LogP contribution in [0, 0.1) is 6.92 Å². The van der Waals surface area contributed by atoms with E-state index in [1.54, 1.807) is 12.3 Å². The standard InChI is InChI=1S/C17H16ClN3O2/c1-11-5-6-13-14(18)10-15(17(22)16(13)21-11)23-20-9-7-12-4-2-3-8-19-12/h2-6,8,10,20,22H,7,9H2,1H3. The van der Waals surface area contributed by atoms with Gasteiger partial charge in [-0.2, -0.15) is 5.48 Å². The number of hydroxylamine groups is 1. The topological polar surface area (TPSA) is 67.3 Å². The lowest BCUT2D eigenvalue weighted by Crippen LogP contribution is -2.21. The number of aromatic hydroxyl groups is 1. The van der Waals surface area contributed by atoms with E-state index >= 15 is 0 Å². The molecule has 3 aromatic rings. The number of phenolic OH excluding ortho intramolecular Hbond substituents is 1. The molecule has 0 spiro atoms. The molecule has 0 aliphatic rings. The molecular formula is C17H16ClN3O2. The minimum absolute atomic E-state index is 0.0292. The molecule has 0 aliphatic carbocycles. The summed E-state index contributed by atoms with van der Waals surface area (Å²) in [5.41, 5.74) is 5.00. The Bertz CT molecular complexity index is 825. The fraction of sp³-hybridized carbons (Fsp3) is 0.176. The second-order valence-corrected chi connectivity index (χ2v) is 5.53. The molecule has 0 bridgehead atoms. The summed E-state index contributed by atoms with van der Waals surface area (Å²) in [5.74, 6) is 0.222. The number of fused-ring (bicyclic) bond motifs is 1. The Morgan fingerprint density at radius 3 is 2.91 bits per heavy atom. The monoisotopic (exact) mass is 329 g/mol. The molecule has 2 heterocycles. The van der Waals surface area contributed by atoms with Crippen LogP contribution in [-0.4, -0.2) is 21.6 Å². The predicted molar refractivity (Wildman–Crippen MR) is 89.7 cm³/mol. The van der Waals surface area contributed by atoms with Gasteiger partial charge in [0.05, 0.1) is 5.02 Å². The van der Waals surface area contributed by atoms with Gasteiger partial charge < -0.3 is 9.94 Å². The van der Waals surface area contributed by atoms with Crippen LogP contribution in [0.3, 0.4) is 0 Å². The molecule has 0 fully saturated rings. The Balaban J connectivity index is 1.71. The van der Waals surface area contributed by atoms with Gasteiger partial charge in [0.15, 0.2) is 11.5 Å². The van der Waals surface area contributed by atoms with Crippen molar-refractivity contribution in [2.24, 2.45) is 0 Å². The molecule has 118 valence electrons. The Labute approximate surface area is 138 Å². The van der Waals surface area contributed by atoms with E-state index in [0.717, 1.165) is 11.4 Å². The number of hydrogen-bond donors (Lipinski definition) is 2. The minimum atomic E-state index is -0.0292. The summed E-state index contributed by atoms with van der Waals surface area (Å²) >= 11 is 6.23. The van der Waals surface area contributed by atoms with E-state index < -0.39 is 0 Å². The summed E-state index contributed by atoms with van der Waals surface area (Å²) in [6, 6.07) is 11.0. The molecule has 0 unspecified atom stereocenters. The van der Waals surface area contributed by atoms with E-state index in [1.165, 1.54) is 0 Å². The van der Waals surface area contributed by atoms with Crippen LogP contribution in [0.4, 0.5) is 0 Å². The van der Waals surface area contributed by atoms with Gasteiger partial charge in [0.2, 0.25) is 0 Å². The van der Waals surface area contributed by atoms with Crippen LogP contribution in [0.5, 0.6) is 11.5 Å². The van der Waals surface area contributed by atoms with E-state index in [2.05, 4.69) is 15.4 Å². The van der Waals surface area contributed by atoms with Crippen molar-refractivity contribution in [3.63, 3.8) is 0 Å². The third-order valence-electron chi connectivity index (χ3n) is 3.40. The number of pyridine rings is 2. The van der Waals surface area contributed by atoms with Crippen molar-refractivity contribution in [3.8, 4) is 11.5 Å². The third kappa shape index (κ3) is 3.52. The Morgan fingerprint density at radius 2 is 2.13 bits per heavy atom. The molecule has 0 saturated carbocycles. The molecular weight excluding hydrogens is 314 g/mol. The van der Waals surface area contributed by atoms with Gasteiger partial charge in [0, 0.05) is 42.0 Å². The van der Waals surface area contributed by atoms with Crippen LogP contribution in [0.1, 0.15) is 11.4 Å². The van der Waals surface area contributed by atoms with E-state index in [4.69, 9.17) is 16.4 Å². The molecule has 0 saturated heterocycles. The summed E-state index contributed by atoms with van der Waals surface area (Å²) in [4.78, 5) is 14.0. The van der Waals surface area contributed by atoms with E-state index in [-0.39, 0.29) is 11.5 Å². The highest BCUT2D eigenvalue weighted by Crippen LogP contribution is 2.37. The Morgan fingerprint density at radius 1 is 1.26 bits per heavy atom. The van der Waals surface area contributed by atoms with Crippen molar-refractivity contribution in [2.45, 2.75) is 13.3 Å². The molecule has 1 aromatic carbocycles. The summed E-state index contributed by atoms with van der Waals surface area (Å²) in [7, 11) is 0. The van der Waals surface area contributed by atoms with Crippen LogP contribution < -0.4 is 10.3 Å². The number of halogens is 1. The quantitative estimate of drug-likeness (QED) is 0.554. The molecule has 0 aliphatic heterocycles. The first-order valence-corrected chi connectivity index (χ1v) is 7.61. The lowest BCUT2D eigenvalue weighted by Gasteiger charge is -2.11. The van der Waals surface area contributed by atoms with Gasteiger partial charge >= 0.3 is 0 Å². The number of hydrogen-bond acceptors (Lipinski definition) is 5. The highest BCUT2D eigenvalue weighted by Gasteiger charge is 2.13. The van der Waals surface area contributed by atoms with Gasteiger partial charge in [-0.1, -0.05) is 17.7 Å². The van der Waals surface area contributed by atoms with Crippen LogP contribution in [-0.2, 0) is 6.42 Å². The number of phenols is 1. The zero-order valence-corrected chi connectivity index (χ0v) is 13.3. The first-order valence-electron chi connectivity index (χ1n) is 7.23. The van der Waals surface area contributed by atoms with Gasteiger partial charge in [0.25, 0.3) is 0 Å². The Kier molecular flexibility index (Phi) is 4.60. The second kappa shape index (κ2) is 6.81. The van der Waals surface area contributed by atoms with Gasteiger partial charge in [0.1, 0.15) is 5.52 Å². The van der Waals surface area contributed by atoms with Gasteiger partial charge in [-0.15, -0.1) is 0 Å². The van der Waals surface area contributed by atoms with Crippen LogP contribution in [0.25, 0.3) is 10.9 Å². The number of aryl methyl sites for hydroxylation is 1. The molecule has 6 heteroatoms. The Hall–Kier alpha value is -2.37. The molecule has 2 N–H and O–H groups in total. The van der Waals surface area contributed by atoms with Crippen molar-refractivity contribution in [3.05, 3.63) is 59.0 Å². The molecule has 0 radical (unpaired) electrons. The molecule has 23 heavy (non-hydrogen) atoms. The van der Waals surface area contributed by atoms with Gasteiger partial charge in [-0.25, -0.2) is 4.98 Å². The fourth-order valence-electron chi connectivity index (χ4n) is 2.24. The molecule has 5 nitrogen and oxygen atoms in total. The highest BCUT2D eigenvalue weighted by atomic mass is 35.5. The number of aromatic nitrogens is 2. The fourth-order valence-corrected chi connectivity index (χ4v) is 2.49. The summed E-state index contributed by atoms with van der Waals surface area (Å²) in [6.07, 6.45) is 2.46. The van der Waals surface area contributed by atoms with Crippen LogP contribution in [0.2, 0.25) is 5.02 Å². The summed E-state index contributed by atoms with van der Waals surface area (Å²) in [5, 5.41) is 11.5. The minimum Gasteiger partial charge on any atom is -0.503 e. The number of nitrogens with zero attached hydrogens (tertiary/aromatic N) is 2. The van der Waals surface area contributed by atoms with Crippen molar-refractivity contribution in [1.82, 2.24) is 15.4 Å². The smallest absolute Gasteiger partial charge is 0.192 e. The maximum absolute atomic E-state index is 10.3. The summed E-state index contributed by atoms with van der Waals surface area (Å²) < 4.78 is 0. The van der Waals surface area contributed by atoms with Crippen LogP contribution >= 0.6 is 11.6 Å². The van der Waals surface area contributed by atoms with E-state index in [0.29, 0.717) is 28.9 Å². The predicted octanol–water partition coefficient (Wildman–Crippen LogP) is 3.42. The molecule has 3 rings (SSSR count).